The van der Waals surface area contributed by atoms with Crippen LogP contribution < -0.4 is 10.7 Å². The fraction of sp³-hybridized carbons (Fsp3) is 0.118. The molecule has 0 saturated carbocycles. The molecule has 2 aromatic carbocycles. The first kappa shape index (κ1) is 18.4. The molecule has 24 heavy (non-hydrogen) atoms. The summed E-state index contributed by atoms with van der Waals surface area (Å²) in [6.45, 7) is 1.68. The molecule has 7 heteroatoms. The van der Waals surface area contributed by atoms with Gasteiger partial charge in [0, 0.05) is 25.9 Å². The fourth-order valence-electron chi connectivity index (χ4n) is 1.82. The normalized spacial score (nSPS) is 11.0. The summed E-state index contributed by atoms with van der Waals surface area (Å²) in [6, 6.07) is 14.2. The highest BCUT2D eigenvalue weighted by Gasteiger charge is 2.07. The zero-order valence-corrected chi connectivity index (χ0v) is 16.0. The van der Waals surface area contributed by atoms with Gasteiger partial charge >= 0.3 is 0 Å². The Bertz CT molecular complexity index is 756. The van der Waals surface area contributed by atoms with Crippen molar-refractivity contribution >= 4 is 55.1 Å². The first-order valence-corrected chi connectivity index (χ1v) is 8.67. The van der Waals surface area contributed by atoms with Crippen molar-refractivity contribution in [1.82, 2.24) is 5.43 Å². The maximum absolute atomic E-state index is 11.9. The molecule has 5 nitrogen and oxygen atoms in total. The van der Waals surface area contributed by atoms with E-state index in [1.807, 2.05) is 12.1 Å². The summed E-state index contributed by atoms with van der Waals surface area (Å²) in [5, 5.41) is 6.72. The molecule has 2 N–H and O–H groups in total. The second kappa shape index (κ2) is 8.75. The van der Waals surface area contributed by atoms with Crippen LogP contribution in [0.5, 0.6) is 0 Å². The van der Waals surface area contributed by atoms with Gasteiger partial charge in [-0.25, -0.2) is 5.43 Å². The van der Waals surface area contributed by atoms with E-state index >= 15 is 0 Å². The van der Waals surface area contributed by atoms with Crippen LogP contribution in [0.25, 0.3) is 0 Å². The Kier molecular flexibility index (Phi) is 6.69. The summed E-state index contributed by atoms with van der Waals surface area (Å²) in [5.41, 5.74) is 4.15. The van der Waals surface area contributed by atoms with E-state index in [1.165, 1.54) is 0 Å². The van der Waals surface area contributed by atoms with Gasteiger partial charge in [-0.15, -0.1) is 0 Å². The molecule has 2 aromatic rings. The van der Waals surface area contributed by atoms with Gasteiger partial charge in [0.1, 0.15) is 0 Å². The van der Waals surface area contributed by atoms with Crippen molar-refractivity contribution < 1.29 is 9.59 Å². The van der Waals surface area contributed by atoms with E-state index in [2.05, 4.69) is 47.7 Å². The van der Waals surface area contributed by atoms with Gasteiger partial charge in [0.15, 0.2) is 0 Å². The van der Waals surface area contributed by atoms with Crippen molar-refractivity contribution in [3.8, 4) is 0 Å². The molecule has 0 bridgehead atoms. The number of amides is 2. The van der Waals surface area contributed by atoms with Crippen molar-refractivity contribution in [2.75, 3.05) is 5.32 Å². The molecule has 0 atom stereocenters. The summed E-state index contributed by atoms with van der Waals surface area (Å²) in [6.07, 6.45) is 0.0939. The van der Waals surface area contributed by atoms with Crippen LogP contribution in [0.1, 0.15) is 23.7 Å². The van der Waals surface area contributed by atoms with Gasteiger partial charge in [-0.1, -0.05) is 31.9 Å². The minimum Gasteiger partial charge on any atom is -0.326 e. The summed E-state index contributed by atoms with van der Waals surface area (Å²) >= 11 is 6.64. The predicted molar refractivity (Wildman–Crippen MR) is 102 cm³/mol. The lowest BCUT2D eigenvalue weighted by Gasteiger charge is -2.06. The van der Waals surface area contributed by atoms with E-state index in [0.717, 1.165) is 8.95 Å². The van der Waals surface area contributed by atoms with Crippen molar-refractivity contribution in [3.63, 3.8) is 0 Å². The number of hydrogen-bond acceptors (Lipinski definition) is 3. The van der Waals surface area contributed by atoms with Crippen LogP contribution in [-0.2, 0) is 4.79 Å². The van der Waals surface area contributed by atoms with Gasteiger partial charge in [0.2, 0.25) is 5.91 Å². The molecular formula is C17H15Br2N3O2. The largest absolute Gasteiger partial charge is 0.326 e. The van der Waals surface area contributed by atoms with Gasteiger partial charge < -0.3 is 5.32 Å². The molecule has 0 aliphatic heterocycles. The number of hydrogen-bond donors (Lipinski definition) is 2. The quantitative estimate of drug-likeness (QED) is 0.523. The summed E-state index contributed by atoms with van der Waals surface area (Å²) < 4.78 is 1.83. The van der Waals surface area contributed by atoms with E-state index in [9.17, 15) is 9.59 Å². The number of halogens is 2. The first-order valence-electron chi connectivity index (χ1n) is 7.08. The van der Waals surface area contributed by atoms with E-state index in [4.69, 9.17) is 0 Å². The van der Waals surface area contributed by atoms with Crippen molar-refractivity contribution in [1.29, 1.82) is 0 Å². The Morgan fingerprint density at radius 2 is 1.50 bits per heavy atom. The average Bonchev–Trinajstić information content (AvgIpc) is 2.55. The Balaban J connectivity index is 1.86. The number of carbonyl (C=O) groups excluding carboxylic acids is 2. The summed E-state index contributed by atoms with van der Waals surface area (Å²) in [5.74, 6) is -0.522. The minimum atomic E-state index is -0.324. The third-order valence-electron chi connectivity index (χ3n) is 3.00. The van der Waals surface area contributed by atoms with Crippen LogP contribution in [0.3, 0.4) is 0 Å². The SMILES string of the molecule is C/C(CC(=O)Nc1ccc(Br)cc1)=N\NC(=O)c1ccc(Br)cc1. The highest BCUT2D eigenvalue weighted by Crippen LogP contribution is 2.14. The van der Waals surface area contributed by atoms with Crippen molar-refractivity contribution in [2.45, 2.75) is 13.3 Å². The van der Waals surface area contributed by atoms with E-state index in [-0.39, 0.29) is 18.2 Å². The second-order valence-corrected chi connectivity index (χ2v) is 6.86. The molecule has 2 rings (SSSR count). The van der Waals surface area contributed by atoms with Crippen LogP contribution in [0.2, 0.25) is 0 Å². The molecule has 0 aliphatic carbocycles. The Morgan fingerprint density at radius 3 is 2.08 bits per heavy atom. The van der Waals surface area contributed by atoms with E-state index < -0.39 is 0 Å². The number of rotatable bonds is 5. The molecule has 2 amide bonds. The van der Waals surface area contributed by atoms with Gasteiger partial charge in [0.25, 0.3) is 5.91 Å². The van der Waals surface area contributed by atoms with Gasteiger partial charge in [-0.3, -0.25) is 9.59 Å². The third-order valence-corrected chi connectivity index (χ3v) is 4.06. The van der Waals surface area contributed by atoms with Crippen molar-refractivity contribution in [3.05, 3.63) is 63.0 Å². The molecule has 0 spiro atoms. The number of anilines is 1. The monoisotopic (exact) mass is 451 g/mol. The maximum Gasteiger partial charge on any atom is 0.271 e. The Hall–Kier alpha value is -1.99. The zero-order chi connectivity index (χ0) is 17.5. The topological polar surface area (TPSA) is 70.6 Å². The van der Waals surface area contributed by atoms with Crippen LogP contribution in [0.15, 0.2) is 62.6 Å². The Labute approximate surface area is 156 Å². The van der Waals surface area contributed by atoms with E-state index in [0.29, 0.717) is 17.0 Å². The number of benzene rings is 2. The highest BCUT2D eigenvalue weighted by atomic mass is 79.9. The highest BCUT2D eigenvalue weighted by molar-refractivity contribution is 9.10. The number of nitrogens with zero attached hydrogens (tertiary/aromatic N) is 1. The van der Waals surface area contributed by atoms with Gasteiger partial charge in [-0.2, -0.15) is 5.10 Å². The molecule has 0 saturated heterocycles. The molecule has 0 aromatic heterocycles. The first-order chi connectivity index (χ1) is 11.4. The average molecular weight is 453 g/mol. The standard InChI is InChI=1S/C17H15Br2N3O2/c1-11(10-16(23)20-15-8-6-14(19)7-9-15)21-22-17(24)12-2-4-13(18)5-3-12/h2-9H,10H2,1H3,(H,20,23)(H,22,24)/b21-11+. The molecule has 0 heterocycles. The molecule has 124 valence electrons. The molecule has 0 unspecified atom stereocenters. The maximum atomic E-state index is 11.9. The molecule has 0 fully saturated rings. The van der Waals surface area contributed by atoms with Crippen LogP contribution in [-0.4, -0.2) is 17.5 Å². The fourth-order valence-corrected chi connectivity index (χ4v) is 2.35. The number of carbonyl (C=O) groups is 2. The van der Waals surface area contributed by atoms with Crippen molar-refractivity contribution in [2.24, 2.45) is 5.10 Å². The summed E-state index contributed by atoms with van der Waals surface area (Å²) in [7, 11) is 0. The lowest BCUT2D eigenvalue weighted by Crippen LogP contribution is -2.21. The van der Waals surface area contributed by atoms with Gasteiger partial charge in [-0.05, 0) is 55.5 Å². The van der Waals surface area contributed by atoms with Crippen LogP contribution in [0.4, 0.5) is 5.69 Å². The minimum absolute atomic E-state index is 0.0939. The number of nitrogens with one attached hydrogen (secondary N) is 2. The molecule has 0 aliphatic rings. The molecular weight excluding hydrogens is 438 g/mol. The van der Waals surface area contributed by atoms with Crippen LogP contribution >= 0.6 is 31.9 Å². The van der Waals surface area contributed by atoms with Gasteiger partial charge in [0.05, 0.1) is 6.42 Å². The van der Waals surface area contributed by atoms with Crippen LogP contribution in [0, 0.1) is 0 Å². The predicted octanol–water partition coefficient (Wildman–Crippen LogP) is 4.35. The number of hydrazone groups is 1. The lowest BCUT2D eigenvalue weighted by molar-refractivity contribution is -0.115. The molecule has 0 radical (unpaired) electrons. The lowest BCUT2D eigenvalue weighted by atomic mass is 10.2. The third kappa shape index (κ3) is 5.90. The Morgan fingerprint density at radius 1 is 0.958 bits per heavy atom. The second-order valence-electron chi connectivity index (χ2n) is 5.03. The van der Waals surface area contributed by atoms with E-state index in [1.54, 1.807) is 43.3 Å². The summed E-state index contributed by atoms with van der Waals surface area (Å²) in [4.78, 5) is 23.9. The zero-order valence-electron chi connectivity index (χ0n) is 12.8. The smallest absolute Gasteiger partial charge is 0.271 e.